The molecule has 2 aliphatic carbocycles. The Morgan fingerprint density at radius 1 is 0.824 bits per heavy atom. The first kappa shape index (κ1) is 23.2. The summed E-state index contributed by atoms with van der Waals surface area (Å²) in [6.07, 6.45) is 2.22. The minimum Gasteiger partial charge on any atom is -0.317 e. The summed E-state index contributed by atoms with van der Waals surface area (Å²) in [7, 11) is 0. The molecule has 0 spiro atoms. The van der Waals surface area contributed by atoms with E-state index in [0.29, 0.717) is 42.5 Å². The van der Waals surface area contributed by atoms with Crippen molar-refractivity contribution < 1.29 is 14.0 Å². The topological polar surface area (TPSA) is 37.4 Å². The van der Waals surface area contributed by atoms with E-state index < -0.39 is 5.92 Å². The molecule has 0 unspecified atom stereocenters. The van der Waals surface area contributed by atoms with Crippen LogP contribution in [0.1, 0.15) is 64.9 Å². The van der Waals surface area contributed by atoms with Crippen LogP contribution >= 0.6 is 15.9 Å². The number of nitrogens with zero attached hydrogens (tertiary/aromatic N) is 1. The molecule has 0 saturated heterocycles. The van der Waals surface area contributed by atoms with Gasteiger partial charge in [-0.3, -0.25) is 9.59 Å². The minimum atomic E-state index is -0.393. The van der Waals surface area contributed by atoms with Crippen LogP contribution in [0.5, 0.6) is 0 Å². The zero-order valence-corrected chi connectivity index (χ0v) is 21.6. The molecule has 0 amide bonds. The van der Waals surface area contributed by atoms with Crippen LogP contribution in [0.4, 0.5) is 10.1 Å². The van der Waals surface area contributed by atoms with Crippen molar-refractivity contribution in [3.05, 3.63) is 86.9 Å². The number of hydrogen-bond acceptors (Lipinski definition) is 3. The normalized spacial score (nSPS) is 22.1. The fraction of sp³-hybridized carbons (Fsp3) is 0.379. The molecule has 2 aromatic rings. The predicted octanol–water partition coefficient (Wildman–Crippen LogP) is 7.48. The predicted molar refractivity (Wildman–Crippen MR) is 136 cm³/mol. The number of hydrogen-bond donors (Lipinski definition) is 0. The van der Waals surface area contributed by atoms with Crippen molar-refractivity contribution in [1.82, 2.24) is 0 Å². The molecule has 1 heterocycles. The van der Waals surface area contributed by atoms with Crippen molar-refractivity contribution in [2.24, 2.45) is 10.8 Å². The molecule has 3 nitrogen and oxygen atoms in total. The summed E-state index contributed by atoms with van der Waals surface area (Å²) in [5.74, 6) is -0.579. The molecule has 1 aliphatic heterocycles. The van der Waals surface area contributed by atoms with Gasteiger partial charge < -0.3 is 4.90 Å². The molecule has 5 rings (SSSR count). The van der Waals surface area contributed by atoms with Crippen LogP contribution in [-0.4, -0.2) is 11.6 Å². The van der Waals surface area contributed by atoms with Crippen molar-refractivity contribution in [3.8, 4) is 0 Å². The average Bonchev–Trinajstić information content (AvgIpc) is 2.71. The van der Waals surface area contributed by atoms with Gasteiger partial charge in [0.1, 0.15) is 5.82 Å². The van der Waals surface area contributed by atoms with Crippen LogP contribution in [0.3, 0.4) is 0 Å². The monoisotopic (exact) mass is 521 g/mol. The molecule has 34 heavy (non-hydrogen) atoms. The Morgan fingerprint density at radius 2 is 1.35 bits per heavy atom. The summed E-state index contributed by atoms with van der Waals surface area (Å²) in [5.41, 5.74) is 4.37. The number of ketones is 2. The lowest BCUT2D eigenvalue weighted by atomic mass is 9.63. The van der Waals surface area contributed by atoms with Crippen molar-refractivity contribution in [3.63, 3.8) is 0 Å². The van der Waals surface area contributed by atoms with Crippen molar-refractivity contribution >= 4 is 33.2 Å². The van der Waals surface area contributed by atoms with E-state index in [1.807, 2.05) is 35.2 Å². The van der Waals surface area contributed by atoms with Crippen LogP contribution in [-0.2, 0) is 9.59 Å². The molecule has 0 fully saturated rings. The molecule has 2 aromatic carbocycles. The lowest BCUT2D eigenvalue weighted by Gasteiger charge is -2.49. The number of carbonyl (C=O) groups is 2. The number of carbonyl (C=O) groups excluding carboxylic acids is 2. The molecule has 0 saturated carbocycles. The summed E-state index contributed by atoms with van der Waals surface area (Å²) >= 11 is 3.51. The van der Waals surface area contributed by atoms with E-state index in [1.54, 1.807) is 6.07 Å². The Kier molecular flexibility index (Phi) is 5.47. The minimum absolute atomic E-state index is 0.0738. The number of benzene rings is 2. The number of anilines is 1. The van der Waals surface area contributed by atoms with Crippen molar-refractivity contribution in [1.29, 1.82) is 0 Å². The zero-order valence-electron chi connectivity index (χ0n) is 20.0. The molecule has 0 bridgehead atoms. The van der Waals surface area contributed by atoms with Gasteiger partial charge in [-0.25, -0.2) is 4.39 Å². The summed E-state index contributed by atoms with van der Waals surface area (Å²) < 4.78 is 15.4. The molecule has 0 atom stereocenters. The largest absolute Gasteiger partial charge is 0.317 e. The van der Waals surface area contributed by atoms with E-state index in [1.165, 1.54) is 12.1 Å². The van der Waals surface area contributed by atoms with Crippen LogP contribution in [0.2, 0.25) is 0 Å². The van der Waals surface area contributed by atoms with Gasteiger partial charge in [0, 0.05) is 51.5 Å². The van der Waals surface area contributed by atoms with Crippen molar-refractivity contribution in [2.75, 3.05) is 4.90 Å². The Bertz CT molecular complexity index is 1220. The van der Waals surface area contributed by atoms with Crippen LogP contribution in [0.25, 0.3) is 0 Å². The highest BCUT2D eigenvalue weighted by Gasteiger charge is 2.49. The summed E-state index contributed by atoms with van der Waals surface area (Å²) in [5, 5.41) is 0. The van der Waals surface area contributed by atoms with Gasteiger partial charge in [0.15, 0.2) is 11.6 Å². The highest BCUT2D eigenvalue weighted by molar-refractivity contribution is 9.10. The van der Waals surface area contributed by atoms with Gasteiger partial charge in [-0.2, -0.15) is 0 Å². The van der Waals surface area contributed by atoms with Gasteiger partial charge in [-0.15, -0.1) is 0 Å². The quantitative estimate of drug-likeness (QED) is 0.411. The van der Waals surface area contributed by atoms with Gasteiger partial charge in [-0.05, 0) is 59.6 Å². The maximum Gasteiger partial charge on any atom is 0.162 e. The van der Waals surface area contributed by atoms with E-state index in [2.05, 4.69) is 43.6 Å². The molecule has 0 radical (unpaired) electrons. The maximum atomic E-state index is 14.4. The van der Waals surface area contributed by atoms with Crippen LogP contribution in [0, 0.1) is 16.6 Å². The van der Waals surface area contributed by atoms with Gasteiger partial charge in [0.05, 0.1) is 0 Å². The summed E-state index contributed by atoms with van der Waals surface area (Å²) in [4.78, 5) is 29.5. The summed E-state index contributed by atoms with van der Waals surface area (Å²) in [6, 6.07) is 14.4. The first-order valence-corrected chi connectivity index (χ1v) is 12.6. The molecular weight excluding hydrogens is 493 g/mol. The van der Waals surface area contributed by atoms with Crippen LogP contribution in [0.15, 0.2) is 75.5 Å². The highest BCUT2D eigenvalue weighted by atomic mass is 79.9. The fourth-order valence-electron chi connectivity index (χ4n) is 5.88. The number of halogens is 2. The third-order valence-corrected chi connectivity index (χ3v) is 7.71. The van der Waals surface area contributed by atoms with Gasteiger partial charge in [-0.1, -0.05) is 61.8 Å². The Hall–Kier alpha value is -2.53. The second-order valence-electron chi connectivity index (χ2n) is 11.4. The Balaban J connectivity index is 1.83. The molecule has 3 aliphatic rings. The van der Waals surface area contributed by atoms with E-state index in [-0.39, 0.29) is 28.2 Å². The fourth-order valence-corrected chi connectivity index (χ4v) is 6.14. The molecule has 5 heteroatoms. The molecular formula is C29H29BrFNO2. The van der Waals surface area contributed by atoms with E-state index in [9.17, 15) is 14.0 Å². The van der Waals surface area contributed by atoms with E-state index >= 15 is 0 Å². The number of allylic oxidation sites excluding steroid dienone is 4. The van der Waals surface area contributed by atoms with E-state index in [0.717, 1.165) is 21.4 Å². The Labute approximate surface area is 208 Å². The summed E-state index contributed by atoms with van der Waals surface area (Å²) in [6.45, 7) is 8.42. The second kappa shape index (κ2) is 8.01. The molecule has 0 N–H and O–H groups in total. The van der Waals surface area contributed by atoms with Gasteiger partial charge in [0.2, 0.25) is 0 Å². The highest BCUT2D eigenvalue weighted by Crippen LogP contribution is 2.55. The molecule has 0 aromatic heterocycles. The smallest absolute Gasteiger partial charge is 0.162 e. The first-order valence-electron chi connectivity index (χ1n) is 11.8. The second-order valence-corrected chi connectivity index (χ2v) is 12.3. The third kappa shape index (κ3) is 3.98. The lowest BCUT2D eigenvalue weighted by molar-refractivity contribution is -0.119. The van der Waals surface area contributed by atoms with Crippen molar-refractivity contribution in [2.45, 2.75) is 59.3 Å². The van der Waals surface area contributed by atoms with Gasteiger partial charge >= 0.3 is 0 Å². The average molecular weight is 522 g/mol. The number of rotatable bonds is 2. The van der Waals surface area contributed by atoms with E-state index in [4.69, 9.17) is 0 Å². The third-order valence-electron chi connectivity index (χ3n) is 7.18. The number of Topliss-reactive ketones (excluding diaryl/α,β-unsaturated/α-hetero) is 2. The first-order chi connectivity index (χ1) is 16.0. The maximum absolute atomic E-state index is 14.4. The lowest BCUT2D eigenvalue weighted by Crippen LogP contribution is -2.44. The Morgan fingerprint density at radius 3 is 1.85 bits per heavy atom. The standard InChI is InChI=1S/C29H29BrFNO2/c1-28(2)13-21-26(23(33)15-28)25(17-8-10-18(30)11-9-17)27-22(14-29(3,4)16-24(27)34)32(21)20-7-5-6-19(31)12-20/h5-12,25H,13-16H2,1-4H3. The SMILES string of the molecule is CC1(C)CC(=O)C2=C(C1)N(c1cccc(F)c1)C1=C(C(=O)CC(C)(C)C1)C2c1ccc(Br)cc1. The van der Waals surface area contributed by atoms with Crippen LogP contribution < -0.4 is 4.90 Å². The molecule has 176 valence electrons. The zero-order chi connectivity index (χ0) is 24.4. The van der Waals surface area contributed by atoms with Gasteiger partial charge in [0.25, 0.3) is 0 Å².